The van der Waals surface area contributed by atoms with Crippen molar-refractivity contribution in [3.8, 4) is 23.1 Å². The molecule has 1 aliphatic carbocycles. The van der Waals surface area contributed by atoms with E-state index in [2.05, 4.69) is 79.1 Å². The van der Waals surface area contributed by atoms with E-state index in [-0.39, 0.29) is 23.8 Å². The standard InChI is InChI=1S/C41H52N8O4/c1-27(2)38(48-41(52)53-5)40(51)49-22-8-9-32(49)24-46-39-33-19-15-29(23-31(33)18-20-34(39)43-4)12-11-28-13-16-30(17-14-28)35-25-45-36(47-35)10-6-7-21-44-37(50)26-42-3/h13-17,19,23,25,27,32,38,42,46H,4,6-10,18,20-22,24,26H2,1-3,5H3,(H,44,50)(H,45,47)(H,48,52). The number of ether oxygens (including phenoxy) is 1. The van der Waals surface area contributed by atoms with Gasteiger partial charge in [0.05, 0.1) is 36.9 Å². The lowest BCUT2D eigenvalue weighted by Crippen LogP contribution is -2.53. The van der Waals surface area contributed by atoms with Crippen LogP contribution in [0.5, 0.6) is 0 Å². The van der Waals surface area contributed by atoms with Crippen LogP contribution in [0.1, 0.15) is 74.0 Å². The zero-order valence-corrected chi connectivity index (χ0v) is 31.3. The lowest BCUT2D eigenvalue weighted by molar-refractivity contribution is -0.135. The third kappa shape index (κ3) is 10.4. The van der Waals surface area contributed by atoms with Crippen molar-refractivity contribution in [3.05, 3.63) is 82.4 Å². The summed E-state index contributed by atoms with van der Waals surface area (Å²) in [6.07, 6.45) is 7.27. The highest BCUT2D eigenvalue weighted by atomic mass is 16.5. The number of alkyl carbamates (subject to hydrolysis) is 1. The molecule has 1 saturated heterocycles. The fraction of sp³-hybridized carbons (Fsp3) is 0.439. The number of aromatic nitrogens is 2. The predicted molar refractivity (Wildman–Crippen MR) is 208 cm³/mol. The summed E-state index contributed by atoms with van der Waals surface area (Å²) in [4.78, 5) is 51.2. The van der Waals surface area contributed by atoms with Gasteiger partial charge in [0.25, 0.3) is 0 Å². The van der Waals surface area contributed by atoms with Crippen molar-refractivity contribution in [1.82, 2.24) is 36.1 Å². The summed E-state index contributed by atoms with van der Waals surface area (Å²) in [6, 6.07) is 13.8. The number of fused-ring (bicyclic) bond motifs is 1. The van der Waals surface area contributed by atoms with Gasteiger partial charge in [-0.2, -0.15) is 0 Å². The molecule has 5 N–H and O–H groups in total. The summed E-state index contributed by atoms with van der Waals surface area (Å²) in [5.41, 5.74) is 7.99. The normalized spacial score (nSPS) is 15.6. The largest absolute Gasteiger partial charge is 0.453 e. The number of likely N-dealkylation sites (tertiary alicyclic amines) is 1. The van der Waals surface area contributed by atoms with Crippen molar-refractivity contribution in [3.63, 3.8) is 0 Å². The monoisotopic (exact) mass is 720 g/mol. The molecule has 2 unspecified atom stereocenters. The van der Waals surface area contributed by atoms with Crippen LogP contribution in [0, 0.1) is 17.8 Å². The van der Waals surface area contributed by atoms with Crippen molar-refractivity contribution in [2.24, 2.45) is 10.9 Å². The van der Waals surface area contributed by atoms with E-state index in [4.69, 9.17) is 4.74 Å². The topological polar surface area (TPSA) is 153 Å². The van der Waals surface area contributed by atoms with Crippen molar-refractivity contribution < 1.29 is 19.1 Å². The summed E-state index contributed by atoms with van der Waals surface area (Å²) in [5, 5.41) is 12.1. The molecule has 3 aromatic rings. The summed E-state index contributed by atoms with van der Waals surface area (Å²) in [5.74, 6) is 7.43. The molecule has 0 bridgehead atoms. The molecular weight excluding hydrogens is 669 g/mol. The van der Waals surface area contributed by atoms with Crippen molar-refractivity contribution in [1.29, 1.82) is 0 Å². The first-order chi connectivity index (χ1) is 25.7. The van der Waals surface area contributed by atoms with Gasteiger partial charge in [-0.05, 0) is 93.6 Å². The summed E-state index contributed by atoms with van der Waals surface area (Å²) in [7, 11) is 3.06. The number of carbonyl (C=O) groups excluding carboxylic acids is 3. The van der Waals surface area contributed by atoms with E-state index in [0.29, 0.717) is 26.2 Å². The Morgan fingerprint density at radius 3 is 2.60 bits per heavy atom. The fourth-order valence-corrected chi connectivity index (χ4v) is 6.83. The molecule has 2 aliphatic rings. The molecule has 53 heavy (non-hydrogen) atoms. The Morgan fingerprint density at radius 2 is 1.87 bits per heavy atom. The highest BCUT2D eigenvalue weighted by Crippen LogP contribution is 2.31. The number of benzene rings is 2. The molecule has 1 fully saturated rings. The van der Waals surface area contributed by atoms with Gasteiger partial charge in [-0.3, -0.25) is 14.6 Å². The number of unbranched alkanes of at least 4 members (excludes halogenated alkanes) is 1. The smallest absolute Gasteiger partial charge is 0.407 e. The number of H-pyrrole nitrogens is 1. The maximum atomic E-state index is 13.5. The number of hydrogen-bond donors (Lipinski definition) is 5. The van der Waals surface area contributed by atoms with Crippen LogP contribution in [0.3, 0.4) is 0 Å². The molecule has 5 rings (SSSR count). The Morgan fingerprint density at radius 1 is 1.09 bits per heavy atom. The van der Waals surface area contributed by atoms with Crippen molar-refractivity contribution in [2.45, 2.75) is 70.9 Å². The predicted octanol–water partition coefficient (Wildman–Crippen LogP) is 4.41. The number of amides is 3. The van der Waals surface area contributed by atoms with Gasteiger partial charge in [0.1, 0.15) is 11.9 Å². The van der Waals surface area contributed by atoms with Crippen LogP contribution < -0.4 is 21.3 Å². The zero-order valence-electron chi connectivity index (χ0n) is 31.3. The first-order valence-electron chi connectivity index (χ1n) is 18.5. The van der Waals surface area contributed by atoms with Crippen molar-refractivity contribution in [2.75, 3.05) is 40.3 Å². The molecule has 0 radical (unpaired) electrons. The van der Waals surface area contributed by atoms with E-state index < -0.39 is 12.1 Å². The first-order valence-corrected chi connectivity index (χ1v) is 18.5. The molecule has 2 atom stereocenters. The SMILES string of the molecule is C=NC1=C(NCC2CCCN2C(=O)C(NC(=O)OC)C(C)C)c2ccc(C#Cc3ccc(-c4cnc(CCCCNC(=O)CNC)[nH]4)cc3)cc2CC1. The highest BCUT2D eigenvalue weighted by molar-refractivity contribution is 5.86. The number of nitrogens with one attached hydrogen (secondary N) is 5. The number of hydrogen-bond acceptors (Lipinski definition) is 8. The van der Waals surface area contributed by atoms with Crippen LogP contribution in [0.25, 0.3) is 17.0 Å². The molecule has 1 aromatic heterocycles. The quantitative estimate of drug-likeness (QED) is 0.0886. The number of likely N-dealkylation sites (N-methyl/N-ethyl adjacent to an activating group) is 1. The number of aliphatic imine (C=N–C) groups is 1. The van der Waals surface area contributed by atoms with Gasteiger partial charge in [-0.25, -0.2) is 9.78 Å². The number of nitrogens with zero attached hydrogens (tertiary/aromatic N) is 3. The van der Waals surface area contributed by atoms with E-state index >= 15 is 0 Å². The zero-order chi connectivity index (χ0) is 37.7. The van der Waals surface area contributed by atoms with Crippen LogP contribution in [-0.4, -0.2) is 91.9 Å². The highest BCUT2D eigenvalue weighted by Gasteiger charge is 2.35. The molecule has 12 nitrogen and oxygen atoms in total. The van der Waals surface area contributed by atoms with E-state index in [1.165, 1.54) is 12.7 Å². The first kappa shape index (κ1) is 38.8. The molecule has 0 spiro atoms. The molecular formula is C41H52N8O4. The van der Waals surface area contributed by atoms with Crippen LogP contribution in [0.4, 0.5) is 4.79 Å². The number of aromatic amines is 1. The lowest BCUT2D eigenvalue weighted by Gasteiger charge is -2.32. The summed E-state index contributed by atoms with van der Waals surface area (Å²) >= 11 is 0. The van der Waals surface area contributed by atoms with Gasteiger partial charge in [-0.15, -0.1) is 0 Å². The van der Waals surface area contributed by atoms with E-state index in [1.807, 2.05) is 43.1 Å². The van der Waals surface area contributed by atoms with E-state index in [0.717, 1.165) is 90.1 Å². The van der Waals surface area contributed by atoms with Crippen LogP contribution in [-0.2, 0) is 27.2 Å². The second-order valence-electron chi connectivity index (χ2n) is 13.8. The molecule has 3 amide bonds. The van der Waals surface area contributed by atoms with Gasteiger partial charge < -0.3 is 35.9 Å². The molecule has 12 heteroatoms. The van der Waals surface area contributed by atoms with Crippen molar-refractivity contribution >= 4 is 30.3 Å². The Labute approximate surface area is 312 Å². The Hall–Kier alpha value is -5.41. The van der Waals surface area contributed by atoms with Gasteiger partial charge in [0.15, 0.2) is 0 Å². The van der Waals surface area contributed by atoms with Crippen LogP contribution >= 0.6 is 0 Å². The molecule has 280 valence electrons. The number of aryl methyl sites for hydroxylation is 2. The van der Waals surface area contributed by atoms with Gasteiger partial charge in [-0.1, -0.05) is 43.9 Å². The minimum absolute atomic E-state index is 0.0112. The Balaban J connectivity index is 1.18. The van der Waals surface area contributed by atoms with Gasteiger partial charge in [0.2, 0.25) is 11.8 Å². The average molecular weight is 721 g/mol. The maximum absolute atomic E-state index is 13.5. The number of methoxy groups -OCH3 is 1. The fourth-order valence-electron chi connectivity index (χ4n) is 6.83. The average Bonchev–Trinajstić information content (AvgIpc) is 3.85. The lowest BCUT2D eigenvalue weighted by atomic mass is 9.90. The Kier molecular flexibility index (Phi) is 13.8. The minimum Gasteiger partial charge on any atom is -0.453 e. The summed E-state index contributed by atoms with van der Waals surface area (Å²) in [6.45, 7) is 9.89. The molecule has 2 heterocycles. The van der Waals surface area contributed by atoms with E-state index in [1.54, 1.807) is 7.05 Å². The van der Waals surface area contributed by atoms with E-state index in [9.17, 15) is 14.4 Å². The molecule has 2 aromatic carbocycles. The minimum atomic E-state index is -0.650. The van der Waals surface area contributed by atoms with Gasteiger partial charge in [0, 0.05) is 48.8 Å². The Bertz CT molecular complexity index is 1850. The summed E-state index contributed by atoms with van der Waals surface area (Å²) < 4.78 is 4.77. The number of allylic oxidation sites excluding steroid dienone is 1. The third-order valence-corrected chi connectivity index (χ3v) is 9.73. The number of imidazole rings is 1. The third-order valence-electron chi connectivity index (χ3n) is 9.73. The number of rotatable bonds is 15. The molecule has 0 saturated carbocycles. The number of carbonyl (C=O) groups is 3. The van der Waals surface area contributed by atoms with Crippen LogP contribution in [0.2, 0.25) is 0 Å². The molecule has 1 aliphatic heterocycles. The second-order valence-corrected chi connectivity index (χ2v) is 13.8. The second kappa shape index (κ2) is 18.9. The van der Waals surface area contributed by atoms with Crippen LogP contribution in [0.15, 0.2) is 59.4 Å². The maximum Gasteiger partial charge on any atom is 0.407 e. The van der Waals surface area contributed by atoms with Gasteiger partial charge >= 0.3 is 6.09 Å².